The van der Waals surface area contributed by atoms with Crippen molar-refractivity contribution in [2.75, 3.05) is 0 Å². The van der Waals surface area contributed by atoms with Gasteiger partial charge in [0.25, 0.3) is 0 Å². The number of rotatable bonds is 1. The van der Waals surface area contributed by atoms with E-state index in [0.717, 1.165) is 6.08 Å². The van der Waals surface area contributed by atoms with Gasteiger partial charge in [0.1, 0.15) is 6.11 Å². The summed E-state index contributed by atoms with van der Waals surface area (Å²) in [6, 6.07) is 0. The average molecular weight is 110 g/mol. The third-order valence-electron chi connectivity index (χ3n) is 0.420. The quantitative estimate of drug-likeness (QED) is 0.282. The monoisotopic (exact) mass is 110 g/mol. The van der Waals surface area contributed by atoms with Gasteiger partial charge < -0.3 is 4.74 Å². The van der Waals surface area contributed by atoms with Gasteiger partial charge in [-0.3, -0.25) is 0 Å². The van der Waals surface area contributed by atoms with Crippen molar-refractivity contribution in [3.05, 3.63) is 12.7 Å². The maximum absolute atomic E-state index is 10.1. The van der Waals surface area contributed by atoms with E-state index in [0.29, 0.717) is 0 Å². The summed E-state index contributed by atoms with van der Waals surface area (Å²) in [5.74, 6) is 1.88. The molecule has 0 aliphatic heterocycles. The summed E-state index contributed by atoms with van der Waals surface area (Å²) < 4.78 is 4.22. The Hall–Kier alpha value is -1.23. The van der Waals surface area contributed by atoms with Crippen LogP contribution in [-0.2, 0) is 9.53 Å². The van der Waals surface area contributed by atoms with Crippen LogP contribution in [0.3, 0.4) is 0 Å². The molecule has 0 radical (unpaired) electrons. The molecular formula is C6H6O2. The van der Waals surface area contributed by atoms with E-state index in [1.807, 2.05) is 0 Å². The fourth-order valence-electron chi connectivity index (χ4n) is 0.143. The lowest BCUT2D eigenvalue weighted by atomic mass is 10.7. The van der Waals surface area contributed by atoms with Gasteiger partial charge in [0, 0.05) is 13.0 Å². The van der Waals surface area contributed by atoms with E-state index in [2.05, 4.69) is 23.3 Å². The molecular weight excluding hydrogens is 104 g/mol. The molecule has 0 spiro atoms. The summed E-state index contributed by atoms with van der Waals surface area (Å²) in [6.07, 6.45) is 3.19. The predicted octanol–water partition coefficient (Wildman–Crippen LogP) is 0.696. The van der Waals surface area contributed by atoms with Crippen LogP contribution in [-0.4, -0.2) is 5.97 Å². The molecule has 0 fully saturated rings. The summed E-state index contributed by atoms with van der Waals surface area (Å²) in [6.45, 7) is 4.75. The van der Waals surface area contributed by atoms with Crippen molar-refractivity contribution in [3.63, 3.8) is 0 Å². The minimum Gasteiger partial charge on any atom is -0.369 e. The maximum Gasteiger partial charge on any atom is 0.344 e. The molecule has 0 aliphatic carbocycles. The SMILES string of the molecule is C=CC(=O)OC#CC. The number of ether oxygens (including phenoxy) is 1. The average Bonchev–Trinajstić information content (AvgIpc) is 1.83. The van der Waals surface area contributed by atoms with E-state index < -0.39 is 5.97 Å². The van der Waals surface area contributed by atoms with Crippen molar-refractivity contribution in [1.29, 1.82) is 0 Å². The van der Waals surface area contributed by atoms with Crippen LogP contribution in [0.5, 0.6) is 0 Å². The van der Waals surface area contributed by atoms with E-state index in [1.54, 1.807) is 6.92 Å². The Morgan fingerprint density at radius 2 is 2.50 bits per heavy atom. The number of esters is 1. The molecule has 0 aromatic rings. The number of hydrogen-bond donors (Lipinski definition) is 0. The summed E-state index contributed by atoms with van der Waals surface area (Å²) in [7, 11) is 0. The second kappa shape index (κ2) is 3.94. The molecule has 0 saturated heterocycles. The molecule has 2 heteroatoms. The Labute approximate surface area is 48.1 Å². The molecule has 0 heterocycles. The van der Waals surface area contributed by atoms with Crippen molar-refractivity contribution < 1.29 is 9.53 Å². The minimum absolute atomic E-state index is 0.514. The summed E-state index contributed by atoms with van der Waals surface area (Å²) in [5, 5.41) is 0. The van der Waals surface area contributed by atoms with Gasteiger partial charge in [0.15, 0.2) is 0 Å². The standard InChI is InChI=1S/C6H6O2/c1-3-5-8-6(7)4-2/h4H,2H2,1H3. The van der Waals surface area contributed by atoms with Crippen molar-refractivity contribution in [2.24, 2.45) is 0 Å². The van der Waals surface area contributed by atoms with Gasteiger partial charge in [0.2, 0.25) is 0 Å². The summed E-state index contributed by atoms with van der Waals surface area (Å²) in [5.41, 5.74) is 0. The highest BCUT2D eigenvalue weighted by Gasteiger charge is 1.86. The molecule has 0 N–H and O–H groups in total. The van der Waals surface area contributed by atoms with Crippen LogP contribution >= 0.6 is 0 Å². The van der Waals surface area contributed by atoms with Gasteiger partial charge in [-0.25, -0.2) is 4.79 Å². The fourth-order valence-corrected chi connectivity index (χ4v) is 0.143. The highest BCUT2D eigenvalue weighted by molar-refractivity contribution is 5.82. The third-order valence-corrected chi connectivity index (χ3v) is 0.420. The highest BCUT2D eigenvalue weighted by atomic mass is 16.5. The van der Waals surface area contributed by atoms with Crippen LogP contribution in [0.15, 0.2) is 12.7 Å². The van der Waals surface area contributed by atoms with Crippen LogP contribution in [0.25, 0.3) is 0 Å². The number of carbonyl (C=O) groups excluding carboxylic acids is 1. The van der Waals surface area contributed by atoms with Gasteiger partial charge in [-0.1, -0.05) is 12.5 Å². The van der Waals surface area contributed by atoms with E-state index in [-0.39, 0.29) is 0 Å². The summed E-state index contributed by atoms with van der Waals surface area (Å²) in [4.78, 5) is 10.1. The fraction of sp³-hybridized carbons (Fsp3) is 0.167. The molecule has 0 amide bonds. The molecule has 8 heavy (non-hydrogen) atoms. The lowest BCUT2D eigenvalue weighted by Crippen LogP contribution is -1.91. The third kappa shape index (κ3) is 2.98. The first-order valence-corrected chi connectivity index (χ1v) is 2.06. The van der Waals surface area contributed by atoms with Gasteiger partial charge in [-0.05, 0) is 0 Å². The Bertz CT molecular complexity index is 148. The van der Waals surface area contributed by atoms with Crippen LogP contribution in [0.1, 0.15) is 6.92 Å². The van der Waals surface area contributed by atoms with Crippen molar-refractivity contribution >= 4 is 5.97 Å². The zero-order valence-electron chi connectivity index (χ0n) is 4.60. The molecule has 0 rings (SSSR count). The lowest BCUT2D eigenvalue weighted by Gasteiger charge is -1.81. The van der Waals surface area contributed by atoms with Crippen LogP contribution in [0.4, 0.5) is 0 Å². The van der Waals surface area contributed by atoms with Gasteiger partial charge in [-0.2, -0.15) is 0 Å². The number of carbonyl (C=O) groups is 1. The van der Waals surface area contributed by atoms with Crippen LogP contribution < -0.4 is 0 Å². The molecule has 2 nitrogen and oxygen atoms in total. The number of hydrogen-bond acceptors (Lipinski definition) is 2. The topological polar surface area (TPSA) is 26.3 Å². The smallest absolute Gasteiger partial charge is 0.344 e. The Balaban J connectivity index is 3.50. The second-order valence-corrected chi connectivity index (χ2v) is 0.977. The zero-order valence-corrected chi connectivity index (χ0v) is 4.60. The maximum atomic E-state index is 10.1. The zero-order chi connectivity index (χ0) is 6.41. The first-order chi connectivity index (χ1) is 3.81. The first-order valence-electron chi connectivity index (χ1n) is 2.06. The normalized spacial score (nSPS) is 6.12. The molecule has 0 aliphatic rings. The molecule has 0 bridgehead atoms. The molecule has 0 saturated carbocycles. The van der Waals surface area contributed by atoms with Gasteiger partial charge >= 0.3 is 5.97 Å². The Kier molecular flexibility index (Phi) is 3.34. The van der Waals surface area contributed by atoms with Crippen molar-refractivity contribution in [3.8, 4) is 12.0 Å². The minimum atomic E-state index is -0.514. The molecule has 0 unspecified atom stereocenters. The van der Waals surface area contributed by atoms with Gasteiger partial charge in [-0.15, -0.1) is 0 Å². The highest BCUT2D eigenvalue weighted by Crippen LogP contribution is 1.72. The van der Waals surface area contributed by atoms with E-state index >= 15 is 0 Å². The van der Waals surface area contributed by atoms with Crippen LogP contribution in [0.2, 0.25) is 0 Å². The summed E-state index contributed by atoms with van der Waals surface area (Å²) >= 11 is 0. The van der Waals surface area contributed by atoms with Gasteiger partial charge in [0.05, 0.1) is 0 Å². The molecule has 0 aromatic heterocycles. The molecule has 42 valence electrons. The van der Waals surface area contributed by atoms with Crippen molar-refractivity contribution in [2.45, 2.75) is 6.92 Å². The van der Waals surface area contributed by atoms with E-state index in [1.165, 1.54) is 0 Å². The Morgan fingerprint density at radius 3 is 2.88 bits per heavy atom. The molecule has 0 aromatic carbocycles. The van der Waals surface area contributed by atoms with E-state index in [9.17, 15) is 4.79 Å². The lowest BCUT2D eigenvalue weighted by molar-refractivity contribution is -0.131. The Morgan fingerprint density at radius 1 is 1.88 bits per heavy atom. The van der Waals surface area contributed by atoms with Crippen molar-refractivity contribution in [1.82, 2.24) is 0 Å². The molecule has 0 atom stereocenters. The van der Waals surface area contributed by atoms with Crippen LogP contribution in [0, 0.1) is 12.0 Å². The largest absolute Gasteiger partial charge is 0.369 e. The van der Waals surface area contributed by atoms with E-state index in [4.69, 9.17) is 0 Å². The predicted molar refractivity (Wildman–Crippen MR) is 29.7 cm³/mol. The second-order valence-electron chi connectivity index (χ2n) is 0.977. The first kappa shape index (κ1) is 6.77.